The van der Waals surface area contributed by atoms with Crippen LogP contribution < -0.4 is 16.2 Å². The van der Waals surface area contributed by atoms with Crippen LogP contribution in [-0.2, 0) is 11.8 Å². The monoisotopic (exact) mass is 476 g/mol. The average molecular weight is 477 g/mol. The predicted octanol–water partition coefficient (Wildman–Crippen LogP) is 3.07. The van der Waals surface area contributed by atoms with Crippen LogP contribution in [0.25, 0.3) is 16.6 Å². The molecule has 6 rings (SSSR count). The lowest BCUT2D eigenvalue weighted by atomic mass is 9.73. The fourth-order valence-corrected chi connectivity index (χ4v) is 6.42. The highest BCUT2D eigenvalue weighted by Gasteiger charge is 2.47. The Labute approximate surface area is 201 Å². The smallest absolute Gasteiger partial charge is 0.251 e. The van der Waals surface area contributed by atoms with Crippen molar-refractivity contribution in [3.63, 3.8) is 0 Å². The quantitative estimate of drug-likeness (QED) is 0.486. The molecule has 2 fully saturated rings. The van der Waals surface area contributed by atoms with E-state index in [-0.39, 0.29) is 23.1 Å². The van der Waals surface area contributed by atoms with Gasteiger partial charge in [-0.2, -0.15) is 0 Å². The molecule has 4 aromatic rings. The van der Waals surface area contributed by atoms with Crippen LogP contribution in [-0.4, -0.2) is 50.8 Å². The number of rotatable bonds is 3. The van der Waals surface area contributed by atoms with E-state index in [2.05, 4.69) is 21.2 Å². The topological polar surface area (TPSA) is 90.7 Å². The van der Waals surface area contributed by atoms with E-state index in [1.54, 1.807) is 23.9 Å². The molecule has 8 nitrogen and oxygen atoms in total. The molecule has 2 aliphatic heterocycles. The molecular weight excluding hydrogens is 448 g/mol. The Morgan fingerprint density at radius 3 is 2.74 bits per heavy atom. The van der Waals surface area contributed by atoms with E-state index >= 15 is 0 Å². The molecule has 2 saturated heterocycles. The molecule has 176 valence electrons. The summed E-state index contributed by atoms with van der Waals surface area (Å²) in [5.41, 5.74) is 8.29. The number of nitrogens with zero attached hydrogens (tertiary/aromatic N) is 5. The van der Waals surface area contributed by atoms with Crippen LogP contribution in [0.1, 0.15) is 19.8 Å². The van der Waals surface area contributed by atoms with Crippen LogP contribution in [0.2, 0.25) is 0 Å². The molecule has 0 radical (unpaired) electrons. The SMILES string of the molecule is C[C@@H]1OCC2(CCN(c3ncc(Sc4cc(=O)n(C)c5ccccc45)c4nccn34)CC2)[C@@H]1N. The number of anilines is 1. The van der Waals surface area contributed by atoms with Gasteiger partial charge in [-0.25, -0.2) is 9.97 Å². The highest BCUT2D eigenvalue weighted by molar-refractivity contribution is 7.99. The number of hydrogen-bond donors (Lipinski definition) is 1. The summed E-state index contributed by atoms with van der Waals surface area (Å²) in [6.45, 7) is 4.59. The number of ether oxygens (including phenoxy) is 1. The molecule has 0 bridgehead atoms. The number of para-hydroxylation sites is 1. The van der Waals surface area contributed by atoms with Gasteiger partial charge in [0.1, 0.15) is 0 Å². The standard InChI is InChI=1S/C25H28N6O2S/c1-16-22(26)25(15-33-16)7-10-30(11-8-25)24-28-14-20(23-27-9-12-31(23)24)34-19-13-21(32)29(2)18-6-4-3-5-17(18)19/h3-6,9,12-14,16,22H,7-8,10-11,15,26H2,1-2H3/t16-,22+/m0/s1. The van der Waals surface area contributed by atoms with Crippen molar-refractivity contribution in [1.82, 2.24) is 18.9 Å². The van der Waals surface area contributed by atoms with Gasteiger partial charge in [-0.05, 0) is 25.8 Å². The Morgan fingerprint density at radius 2 is 1.97 bits per heavy atom. The molecule has 0 aliphatic carbocycles. The number of benzene rings is 1. The largest absolute Gasteiger partial charge is 0.376 e. The van der Waals surface area contributed by atoms with E-state index in [1.165, 1.54) is 11.8 Å². The minimum atomic E-state index is -0.0317. The van der Waals surface area contributed by atoms with Crippen LogP contribution in [0.4, 0.5) is 5.95 Å². The molecule has 1 aromatic carbocycles. The summed E-state index contributed by atoms with van der Waals surface area (Å²) in [6.07, 6.45) is 7.75. The van der Waals surface area contributed by atoms with Crippen molar-refractivity contribution in [2.45, 2.75) is 41.7 Å². The third-order valence-corrected chi connectivity index (χ3v) is 8.66. The first-order valence-electron chi connectivity index (χ1n) is 11.7. The maximum atomic E-state index is 12.6. The number of imidazole rings is 1. The van der Waals surface area contributed by atoms with E-state index in [0.717, 1.165) is 64.8 Å². The molecule has 1 spiro atoms. The summed E-state index contributed by atoms with van der Waals surface area (Å²) in [4.78, 5) is 26.2. The molecule has 2 atom stereocenters. The molecule has 2 N–H and O–H groups in total. The van der Waals surface area contributed by atoms with Crippen molar-refractivity contribution < 1.29 is 4.74 Å². The van der Waals surface area contributed by atoms with Crippen LogP contribution in [0.3, 0.4) is 0 Å². The van der Waals surface area contributed by atoms with Gasteiger partial charge in [-0.3, -0.25) is 9.20 Å². The third-order valence-electron chi connectivity index (χ3n) is 7.60. The van der Waals surface area contributed by atoms with Gasteiger partial charge in [0.25, 0.3) is 5.56 Å². The lowest BCUT2D eigenvalue weighted by Crippen LogP contribution is -2.51. The van der Waals surface area contributed by atoms with E-state index in [9.17, 15) is 4.79 Å². The zero-order valence-electron chi connectivity index (χ0n) is 19.3. The first-order chi connectivity index (χ1) is 16.5. The second kappa shape index (κ2) is 8.11. The minimum Gasteiger partial charge on any atom is -0.376 e. The highest BCUT2D eigenvalue weighted by atomic mass is 32.2. The second-order valence-electron chi connectivity index (χ2n) is 9.46. The predicted molar refractivity (Wildman–Crippen MR) is 134 cm³/mol. The van der Waals surface area contributed by atoms with E-state index in [1.807, 2.05) is 36.7 Å². The van der Waals surface area contributed by atoms with Crippen molar-refractivity contribution >= 4 is 34.3 Å². The minimum absolute atomic E-state index is 0.0317. The molecule has 0 unspecified atom stereocenters. The first kappa shape index (κ1) is 21.6. The number of fused-ring (bicyclic) bond motifs is 2. The number of aromatic nitrogens is 4. The fourth-order valence-electron chi connectivity index (χ4n) is 5.40. The normalized spacial score (nSPS) is 22.3. The Hall–Kier alpha value is -2.88. The zero-order chi connectivity index (χ0) is 23.4. The molecule has 0 saturated carbocycles. The van der Waals surface area contributed by atoms with Crippen LogP contribution in [0.5, 0.6) is 0 Å². The van der Waals surface area contributed by atoms with Gasteiger partial charge in [0, 0.05) is 66.5 Å². The first-order valence-corrected chi connectivity index (χ1v) is 12.5. The highest BCUT2D eigenvalue weighted by Crippen LogP contribution is 2.42. The van der Waals surface area contributed by atoms with E-state index < -0.39 is 0 Å². The molecule has 34 heavy (non-hydrogen) atoms. The maximum absolute atomic E-state index is 12.6. The summed E-state index contributed by atoms with van der Waals surface area (Å²) in [5, 5.41) is 1.04. The average Bonchev–Trinajstić information content (AvgIpc) is 3.45. The van der Waals surface area contributed by atoms with Gasteiger partial charge in [-0.15, -0.1) is 0 Å². The van der Waals surface area contributed by atoms with Crippen LogP contribution in [0, 0.1) is 5.41 Å². The number of pyridine rings is 1. The lowest BCUT2D eigenvalue weighted by Gasteiger charge is -2.41. The van der Waals surface area contributed by atoms with Crippen molar-refractivity contribution in [1.29, 1.82) is 0 Å². The van der Waals surface area contributed by atoms with Gasteiger partial charge in [0.05, 0.1) is 23.1 Å². The Kier molecular flexibility index (Phi) is 5.16. The van der Waals surface area contributed by atoms with Gasteiger partial charge in [-0.1, -0.05) is 30.0 Å². The maximum Gasteiger partial charge on any atom is 0.251 e. The summed E-state index contributed by atoms with van der Waals surface area (Å²) in [6, 6.07) is 9.74. The van der Waals surface area contributed by atoms with Crippen molar-refractivity contribution in [2.24, 2.45) is 18.2 Å². The number of hydrogen-bond acceptors (Lipinski definition) is 7. The molecule has 5 heterocycles. The molecule has 2 aliphatic rings. The Morgan fingerprint density at radius 1 is 1.18 bits per heavy atom. The van der Waals surface area contributed by atoms with Crippen molar-refractivity contribution in [3.8, 4) is 0 Å². The van der Waals surface area contributed by atoms with Crippen molar-refractivity contribution in [2.75, 3.05) is 24.6 Å². The van der Waals surface area contributed by atoms with Gasteiger partial charge in [0.2, 0.25) is 5.95 Å². The zero-order valence-corrected chi connectivity index (χ0v) is 20.2. The number of nitrogens with two attached hydrogens (primary N) is 1. The Bertz CT molecular complexity index is 1440. The summed E-state index contributed by atoms with van der Waals surface area (Å²) >= 11 is 1.53. The van der Waals surface area contributed by atoms with E-state index in [4.69, 9.17) is 15.5 Å². The third kappa shape index (κ3) is 3.33. The van der Waals surface area contributed by atoms with Crippen LogP contribution >= 0.6 is 11.8 Å². The fraction of sp³-hybridized carbons (Fsp3) is 0.400. The Balaban J connectivity index is 1.32. The number of piperidine rings is 1. The van der Waals surface area contributed by atoms with Gasteiger partial charge in [0.15, 0.2) is 5.65 Å². The summed E-state index contributed by atoms with van der Waals surface area (Å²) < 4.78 is 9.61. The second-order valence-corrected chi connectivity index (χ2v) is 10.5. The molecule has 9 heteroatoms. The van der Waals surface area contributed by atoms with E-state index in [0.29, 0.717) is 0 Å². The summed E-state index contributed by atoms with van der Waals surface area (Å²) in [7, 11) is 1.80. The van der Waals surface area contributed by atoms with Crippen molar-refractivity contribution in [3.05, 3.63) is 59.3 Å². The summed E-state index contributed by atoms with van der Waals surface area (Å²) in [5.74, 6) is 0.890. The lowest BCUT2D eigenvalue weighted by molar-refractivity contribution is 0.0973. The molecule has 0 amide bonds. The van der Waals surface area contributed by atoms with Gasteiger partial charge >= 0.3 is 0 Å². The number of aryl methyl sites for hydroxylation is 1. The van der Waals surface area contributed by atoms with Crippen LogP contribution in [0.15, 0.2) is 63.5 Å². The molecular formula is C25H28N6O2S. The van der Waals surface area contributed by atoms with Gasteiger partial charge < -0.3 is 19.9 Å². The molecule has 3 aromatic heterocycles.